The number of rotatable bonds is 5. The van der Waals surface area contributed by atoms with Gasteiger partial charge in [0.1, 0.15) is 0 Å². The summed E-state index contributed by atoms with van der Waals surface area (Å²) in [5.74, 6) is -0.555. The first-order chi connectivity index (χ1) is 6.37. The van der Waals surface area contributed by atoms with Crippen LogP contribution >= 0.6 is 0 Å². The molecule has 0 fully saturated rings. The van der Waals surface area contributed by atoms with Crippen LogP contribution in [0.2, 0.25) is 0 Å². The van der Waals surface area contributed by atoms with Crippen molar-refractivity contribution in [3.8, 4) is 0 Å². The molecule has 0 radical (unpaired) electrons. The number of hydrogen-bond acceptors (Lipinski definition) is 4. The Labute approximate surface area is 84.6 Å². The third-order valence-electron chi connectivity index (χ3n) is 1.58. The molecule has 0 aromatic carbocycles. The fraction of sp³-hybridized carbons (Fsp3) is 0.800. The first-order valence-corrected chi connectivity index (χ1v) is 4.66. The highest BCUT2D eigenvalue weighted by Crippen LogP contribution is 2.16. The normalized spacial score (nSPS) is 10.9. The SMILES string of the molecule is CCC(=O)OCC(C)(C)COC(C)=O. The molecule has 0 spiro atoms. The lowest BCUT2D eigenvalue weighted by molar-refractivity contribution is -0.151. The molecule has 0 saturated heterocycles. The third-order valence-corrected chi connectivity index (χ3v) is 1.58. The smallest absolute Gasteiger partial charge is 0.305 e. The van der Waals surface area contributed by atoms with Crippen LogP contribution in [0.25, 0.3) is 0 Å². The quantitative estimate of drug-likeness (QED) is 0.634. The van der Waals surface area contributed by atoms with Gasteiger partial charge in [0.2, 0.25) is 0 Å². The standard InChI is InChI=1S/C10H18O4/c1-5-9(12)14-7-10(3,4)6-13-8(2)11/h5-7H2,1-4H3. The maximum absolute atomic E-state index is 10.9. The van der Waals surface area contributed by atoms with Crippen molar-refractivity contribution in [3.05, 3.63) is 0 Å². The van der Waals surface area contributed by atoms with Crippen molar-refractivity contribution >= 4 is 11.9 Å². The van der Waals surface area contributed by atoms with Gasteiger partial charge in [-0.25, -0.2) is 0 Å². The largest absolute Gasteiger partial charge is 0.465 e. The summed E-state index contributed by atoms with van der Waals surface area (Å²) >= 11 is 0. The minimum Gasteiger partial charge on any atom is -0.465 e. The van der Waals surface area contributed by atoms with Crippen LogP contribution in [-0.2, 0) is 19.1 Å². The van der Waals surface area contributed by atoms with Gasteiger partial charge in [-0.1, -0.05) is 20.8 Å². The molecular weight excluding hydrogens is 184 g/mol. The average Bonchev–Trinajstić information content (AvgIpc) is 2.11. The Morgan fingerprint density at radius 3 is 2.07 bits per heavy atom. The van der Waals surface area contributed by atoms with Crippen molar-refractivity contribution in [1.29, 1.82) is 0 Å². The highest BCUT2D eigenvalue weighted by molar-refractivity contribution is 5.68. The molecule has 0 aromatic rings. The number of carbonyl (C=O) groups is 2. The number of hydrogen-bond donors (Lipinski definition) is 0. The maximum atomic E-state index is 10.9. The first kappa shape index (κ1) is 12.9. The Bertz CT molecular complexity index is 208. The van der Waals surface area contributed by atoms with E-state index in [1.165, 1.54) is 6.92 Å². The molecule has 0 aliphatic rings. The van der Waals surface area contributed by atoms with E-state index < -0.39 is 0 Å². The monoisotopic (exact) mass is 202 g/mol. The average molecular weight is 202 g/mol. The van der Waals surface area contributed by atoms with Crippen molar-refractivity contribution in [2.75, 3.05) is 13.2 Å². The summed E-state index contributed by atoms with van der Waals surface area (Å²) in [4.78, 5) is 21.4. The van der Waals surface area contributed by atoms with Gasteiger partial charge in [0.05, 0.1) is 13.2 Å². The molecule has 4 heteroatoms. The van der Waals surface area contributed by atoms with Gasteiger partial charge >= 0.3 is 11.9 Å². The van der Waals surface area contributed by atoms with Gasteiger partial charge in [-0.15, -0.1) is 0 Å². The van der Waals surface area contributed by atoms with Crippen LogP contribution in [0.4, 0.5) is 0 Å². The van der Waals surface area contributed by atoms with E-state index in [2.05, 4.69) is 0 Å². The predicted octanol–water partition coefficient (Wildman–Crippen LogP) is 1.53. The van der Waals surface area contributed by atoms with Crippen LogP contribution in [-0.4, -0.2) is 25.2 Å². The summed E-state index contributed by atoms with van der Waals surface area (Å²) in [7, 11) is 0. The van der Waals surface area contributed by atoms with Crippen LogP contribution in [0.3, 0.4) is 0 Å². The fourth-order valence-corrected chi connectivity index (χ4v) is 0.717. The Morgan fingerprint density at radius 2 is 1.64 bits per heavy atom. The minimum atomic E-state index is -0.323. The Kier molecular flexibility index (Phi) is 5.20. The summed E-state index contributed by atoms with van der Waals surface area (Å²) in [5, 5.41) is 0. The summed E-state index contributed by atoms with van der Waals surface area (Å²) in [6.45, 7) is 7.37. The molecule has 0 atom stereocenters. The van der Waals surface area contributed by atoms with E-state index in [1.807, 2.05) is 13.8 Å². The number of esters is 2. The molecule has 0 aromatic heterocycles. The zero-order chi connectivity index (χ0) is 11.2. The maximum Gasteiger partial charge on any atom is 0.305 e. The van der Waals surface area contributed by atoms with E-state index in [0.717, 1.165) is 0 Å². The van der Waals surface area contributed by atoms with Crippen LogP contribution in [0.1, 0.15) is 34.1 Å². The predicted molar refractivity (Wildman–Crippen MR) is 51.7 cm³/mol. The lowest BCUT2D eigenvalue weighted by Crippen LogP contribution is -2.28. The molecule has 0 unspecified atom stereocenters. The van der Waals surface area contributed by atoms with Gasteiger partial charge < -0.3 is 9.47 Å². The van der Waals surface area contributed by atoms with E-state index >= 15 is 0 Å². The molecule has 4 nitrogen and oxygen atoms in total. The van der Waals surface area contributed by atoms with E-state index in [-0.39, 0.29) is 30.6 Å². The van der Waals surface area contributed by atoms with Gasteiger partial charge in [0, 0.05) is 18.8 Å². The summed E-state index contributed by atoms with van der Waals surface area (Å²) < 4.78 is 9.80. The van der Waals surface area contributed by atoms with Gasteiger partial charge in [-0.05, 0) is 0 Å². The minimum absolute atomic E-state index is 0.235. The third kappa shape index (κ3) is 6.46. The molecule has 0 amide bonds. The van der Waals surface area contributed by atoms with Crippen molar-refractivity contribution in [1.82, 2.24) is 0 Å². The molecule has 0 aliphatic carbocycles. The lowest BCUT2D eigenvalue weighted by Gasteiger charge is -2.23. The second-order valence-electron chi connectivity index (χ2n) is 3.96. The Hall–Kier alpha value is -1.06. The Balaban J connectivity index is 3.82. The molecule has 0 heterocycles. The zero-order valence-electron chi connectivity index (χ0n) is 9.25. The van der Waals surface area contributed by atoms with E-state index in [1.54, 1.807) is 6.92 Å². The molecule has 0 saturated carbocycles. The van der Waals surface area contributed by atoms with Crippen LogP contribution < -0.4 is 0 Å². The molecule has 0 bridgehead atoms. The van der Waals surface area contributed by atoms with Crippen molar-refractivity contribution in [2.24, 2.45) is 5.41 Å². The molecule has 0 aliphatic heterocycles. The van der Waals surface area contributed by atoms with Gasteiger partial charge in [-0.3, -0.25) is 9.59 Å². The van der Waals surface area contributed by atoms with Crippen LogP contribution in [0, 0.1) is 5.41 Å². The second-order valence-corrected chi connectivity index (χ2v) is 3.96. The second kappa shape index (κ2) is 5.62. The van der Waals surface area contributed by atoms with E-state index in [4.69, 9.17) is 9.47 Å². The van der Waals surface area contributed by atoms with Crippen molar-refractivity contribution in [2.45, 2.75) is 34.1 Å². The lowest BCUT2D eigenvalue weighted by atomic mass is 9.96. The summed E-state index contributed by atoms with van der Waals surface area (Å²) in [5.41, 5.74) is -0.323. The molecule has 14 heavy (non-hydrogen) atoms. The number of carbonyl (C=O) groups excluding carboxylic acids is 2. The first-order valence-electron chi connectivity index (χ1n) is 4.66. The molecule has 82 valence electrons. The van der Waals surface area contributed by atoms with E-state index in [0.29, 0.717) is 6.42 Å². The van der Waals surface area contributed by atoms with Gasteiger partial charge in [-0.2, -0.15) is 0 Å². The molecule has 0 N–H and O–H groups in total. The van der Waals surface area contributed by atoms with Gasteiger partial charge in [0.25, 0.3) is 0 Å². The van der Waals surface area contributed by atoms with Crippen LogP contribution in [0.15, 0.2) is 0 Å². The zero-order valence-corrected chi connectivity index (χ0v) is 9.25. The topological polar surface area (TPSA) is 52.6 Å². The van der Waals surface area contributed by atoms with Crippen molar-refractivity contribution < 1.29 is 19.1 Å². The molecular formula is C10H18O4. The highest BCUT2D eigenvalue weighted by Gasteiger charge is 2.21. The van der Waals surface area contributed by atoms with Crippen molar-refractivity contribution in [3.63, 3.8) is 0 Å². The summed E-state index contributed by atoms with van der Waals surface area (Å²) in [6, 6.07) is 0. The Morgan fingerprint density at radius 1 is 1.14 bits per heavy atom. The van der Waals surface area contributed by atoms with Crippen LogP contribution in [0.5, 0.6) is 0 Å². The van der Waals surface area contributed by atoms with Gasteiger partial charge in [0.15, 0.2) is 0 Å². The summed E-state index contributed by atoms with van der Waals surface area (Å²) in [6.07, 6.45) is 0.365. The molecule has 0 rings (SSSR count). The fourth-order valence-electron chi connectivity index (χ4n) is 0.717. The van der Waals surface area contributed by atoms with E-state index in [9.17, 15) is 9.59 Å². The highest BCUT2D eigenvalue weighted by atomic mass is 16.5. The number of ether oxygens (including phenoxy) is 2.